The molecule has 18 heavy (non-hydrogen) atoms. The summed E-state index contributed by atoms with van der Waals surface area (Å²) in [5.41, 5.74) is 4.04. The standard InChI is InChI=1S/C10H9BrF3NO3/c1-18-8-5(10(12,13)14)2-4(3-6(8)11)7(15)9(16)17/h2-3,7H,15H2,1H3,(H,16,17). The molecule has 0 aliphatic heterocycles. The molecule has 100 valence electrons. The molecule has 1 rings (SSSR count). The van der Waals surface area contributed by atoms with Gasteiger partial charge in [-0.05, 0) is 33.6 Å². The molecule has 0 heterocycles. The molecule has 1 unspecified atom stereocenters. The van der Waals surface area contributed by atoms with Crippen LogP contribution in [0, 0.1) is 0 Å². The van der Waals surface area contributed by atoms with Crippen molar-refractivity contribution in [2.45, 2.75) is 12.2 Å². The highest BCUT2D eigenvalue weighted by atomic mass is 79.9. The Balaban J connectivity index is 3.44. The number of carbonyl (C=O) groups is 1. The number of ether oxygens (including phenoxy) is 1. The van der Waals surface area contributed by atoms with E-state index < -0.39 is 29.5 Å². The van der Waals surface area contributed by atoms with Crippen LogP contribution in [0.25, 0.3) is 0 Å². The Bertz CT molecular complexity index is 476. The number of halogens is 4. The Kier molecular flexibility index (Phi) is 4.23. The molecule has 1 aromatic rings. The molecule has 0 aliphatic rings. The van der Waals surface area contributed by atoms with Gasteiger partial charge in [-0.2, -0.15) is 13.2 Å². The predicted octanol–water partition coefficient (Wildman–Crippen LogP) is 2.56. The fourth-order valence-electron chi connectivity index (χ4n) is 1.35. The number of benzene rings is 1. The van der Waals surface area contributed by atoms with Crippen LogP contribution < -0.4 is 10.5 Å². The second-order valence-corrected chi connectivity index (χ2v) is 4.25. The van der Waals surface area contributed by atoms with Gasteiger partial charge >= 0.3 is 12.1 Å². The second kappa shape index (κ2) is 5.15. The van der Waals surface area contributed by atoms with Gasteiger partial charge in [0.05, 0.1) is 17.1 Å². The minimum Gasteiger partial charge on any atom is -0.495 e. The van der Waals surface area contributed by atoms with Gasteiger partial charge in [0.2, 0.25) is 0 Å². The van der Waals surface area contributed by atoms with Gasteiger partial charge < -0.3 is 15.6 Å². The highest BCUT2D eigenvalue weighted by Gasteiger charge is 2.36. The van der Waals surface area contributed by atoms with E-state index in [-0.39, 0.29) is 10.0 Å². The molecule has 0 fully saturated rings. The largest absolute Gasteiger partial charge is 0.495 e. The van der Waals surface area contributed by atoms with E-state index in [4.69, 9.17) is 10.8 Å². The summed E-state index contributed by atoms with van der Waals surface area (Å²) in [6.07, 6.45) is -4.66. The van der Waals surface area contributed by atoms with E-state index in [1.54, 1.807) is 0 Å². The van der Waals surface area contributed by atoms with Crippen molar-refractivity contribution >= 4 is 21.9 Å². The second-order valence-electron chi connectivity index (χ2n) is 3.40. The van der Waals surface area contributed by atoms with Gasteiger partial charge in [-0.15, -0.1) is 0 Å². The van der Waals surface area contributed by atoms with Crippen molar-refractivity contribution in [1.29, 1.82) is 0 Å². The van der Waals surface area contributed by atoms with Crippen LogP contribution in [-0.4, -0.2) is 18.2 Å². The van der Waals surface area contributed by atoms with E-state index >= 15 is 0 Å². The number of nitrogens with two attached hydrogens (primary N) is 1. The molecule has 3 N–H and O–H groups in total. The number of carboxylic acids is 1. The minimum atomic E-state index is -4.66. The van der Waals surface area contributed by atoms with Crippen molar-refractivity contribution in [2.24, 2.45) is 5.73 Å². The average molecular weight is 328 g/mol. The molecule has 0 aliphatic carbocycles. The molecule has 4 nitrogen and oxygen atoms in total. The van der Waals surface area contributed by atoms with Crippen LogP contribution in [-0.2, 0) is 11.0 Å². The first-order valence-electron chi connectivity index (χ1n) is 4.61. The molecule has 0 spiro atoms. The van der Waals surface area contributed by atoms with Crippen LogP contribution in [0.3, 0.4) is 0 Å². The van der Waals surface area contributed by atoms with E-state index in [0.29, 0.717) is 6.07 Å². The zero-order valence-corrected chi connectivity index (χ0v) is 10.7. The topological polar surface area (TPSA) is 72.5 Å². The molecular formula is C10H9BrF3NO3. The van der Waals surface area contributed by atoms with Crippen LogP contribution in [0.2, 0.25) is 0 Å². The number of rotatable bonds is 3. The maximum absolute atomic E-state index is 12.8. The van der Waals surface area contributed by atoms with Crippen molar-refractivity contribution in [1.82, 2.24) is 0 Å². The fourth-order valence-corrected chi connectivity index (χ4v) is 1.99. The number of methoxy groups -OCH3 is 1. The summed E-state index contributed by atoms with van der Waals surface area (Å²) in [6, 6.07) is 0.322. The molecule has 8 heteroatoms. The lowest BCUT2D eigenvalue weighted by Crippen LogP contribution is -2.21. The molecule has 1 aromatic carbocycles. The lowest BCUT2D eigenvalue weighted by Gasteiger charge is -2.16. The third-order valence-corrected chi connectivity index (χ3v) is 2.79. The van der Waals surface area contributed by atoms with Crippen molar-refractivity contribution in [3.8, 4) is 5.75 Å². The monoisotopic (exact) mass is 327 g/mol. The summed E-state index contributed by atoms with van der Waals surface area (Å²) >= 11 is 2.89. The maximum atomic E-state index is 12.8. The molecular weight excluding hydrogens is 319 g/mol. The van der Waals surface area contributed by atoms with E-state index in [0.717, 1.165) is 7.11 Å². The molecule has 1 atom stereocenters. The highest BCUT2D eigenvalue weighted by molar-refractivity contribution is 9.10. The molecule has 0 amide bonds. The van der Waals surface area contributed by atoms with E-state index in [9.17, 15) is 18.0 Å². The zero-order chi connectivity index (χ0) is 14.1. The van der Waals surface area contributed by atoms with Crippen molar-refractivity contribution < 1.29 is 27.8 Å². The molecule has 0 saturated heterocycles. The van der Waals surface area contributed by atoms with Gasteiger partial charge in [0.1, 0.15) is 11.8 Å². The average Bonchev–Trinajstić information content (AvgIpc) is 2.25. The molecule has 0 bridgehead atoms. The van der Waals surface area contributed by atoms with Crippen molar-refractivity contribution in [3.63, 3.8) is 0 Å². The first-order chi connectivity index (χ1) is 8.18. The lowest BCUT2D eigenvalue weighted by atomic mass is 10.0. The predicted molar refractivity (Wildman–Crippen MR) is 60.3 cm³/mol. The van der Waals surface area contributed by atoms with E-state index in [1.807, 2.05) is 0 Å². The summed E-state index contributed by atoms with van der Waals surface area (Å²) < 4.78 is 42.9. The van der Waals surface area contributed by atoms with Crippen LogP contribution >= 0.6 is 15.9 Å². The summed E-state index contributed by atoms with van der Waals surface area (Å²) in [5, 5.41) is 8.69. The lowest BCUT2D eigenvalue weighted by molar-refractivity contribution is -0.140. The normalized spacial score (nSPS) is 13.2. The first-order valence-corrected chi connectivity index (χ1v) is 5.40. The Morgan fingerprint density at radius 3 is 2.44 bits per heavy atom. The van der Waals surface area contributed by atoms with Crippen molar-refractivity contribution in [3.05, 3.63) is 27.7 Å². The summed E-state index contributed by atoms with van der Waals surface area (Å²) in [6.45, 7) is 0. The maximum Gasteiger partial charge on any atom is 0.420 e. The quantitative estimate of drug-likeness (QED) is 0.894. The molecule has 0 radical (unpaired) electrons. The Morgan fingerprint density at radius 1 is 1.50 bits per heavy atom. The van der Waals surface area contributed by atoms with Gasteiger partial charge in [-0.25, -0.2) is 0 Å². The van der Waals surface area contributed by atoms with Gasteiger partial charge in [-0.3, -0.25) is 4.79 Å². The number of hydrogen-bond acceptors (Lipinski definition) is 3. The van der Waals surface area contributed by atoms with Crippen LogP contribution in [0.5, 0.6) is 5.75 Å². The van der Waals surface area contributed by atoms with Crippen LogP contribution in [0.15, 0.2) is 16.6 Å². The van der Waals surface area contributed by atoms with Gasteiger partial charge in [0, 0.05) is 0 Å². The summed E-state index contributed by atoms with van der Waals surface area (Å²) in [5.74, 6) is -1.83. The van der Waals surface area contributed by atoms with Crippen LogP contribution in [0.1, 0.15) is 17.2 Å². The van der Waals surface area contributed by atoms with Gasteiger partial charge in [0.25, 0.3) is 0 Å². The zero-order valence-electron chi connectivity index (χ0n) is 9.08. The number of hydrogen-bond donors (Lipinski definition) is 2. The first kappa shape index (κ1) is 14.8. The minimum absolute atomic E-state index is 0.00785. The van der Waals surface area contributed by atoms with Crippen molar-refractivity contribution in [2.75, 3.05) is 7.11 Å². The number of aliphatic carboxylic acids is 1. The van der Waals surface area contributed by atoms with E-state index in [2.05, 4.69) is 20.7 Å². The van der Waals surface area contributed by atoms with Crippen LogP contribution in [0.4, 0.5) is 13.2 Å². The number of alkyl halides is 3. The summed E-state index contributed by atoms with van der Waals surface area (Å²) in [4.78, 5) is 10.7. The Morgan fingerprint density at radius 2 is 2.06 bits per heavy atom. The molecule has 0 aromatic heterocycles. The Hall–Kier alpha value is -1.28. The fraction of sp³-hybridized carbons (Fsp3) is 0.300. The van der Waals surface area contributed by atoms with E-state index in [1.165, 1.54) is 6.07 Å². The smallest absolute Gasteiger partial charge is 0.420 e. The molecule has 0 saturated carbocycles. The number of carboxylic acid groups (broad SMARTS) is 1. The van der Waals surface area contributed by atoms with Gasteiger partial charge in [0.15, 0.2) is 0 Å². The third-order valence-electron chi connectivity index (χ3n) is 2.20. The highest BCUT2D eigenvalue weighted by Crippen LogP contribution is 2.41. The summed E-state index contributed by atoms with van der Waals surface area (Å²) in [7, 11) is 1.09. The Labute approximate surface area is 109 Å². The SMILES string of the molecule is COc1c(Br)cc(C(N)C(=O)O)cc1C(F)(F)F. The van der Waals surface area contributed by atoms with Gasteiger partial charge in [-0.1, -0.05) is 0 Å². The third kappa shape index (κ3) is 2.94.